The van der Waals surface area contributed by atoms with Gasteiger partial charge in [-0.2, -0.15) is 0 Å². The molecule has 0 fully saturated rings. The molecule has 5 heteroatoms. The van der Waals surface area contributed by atoms with Crippen LogP contribution in [0.5, 0.6) is 11.5 Å². The van der Waals surface area contributed by atoms with Gasteiger partial charge in [0.1, 0.15) is 0 Å². The first-order valence-electron chi connectivity index (χ1n) is 9.81. The van der Waals surface area contributed by atoms with E-state index in [9.17, 15) is 9.90 Å². The van der Waals surface area contributed by atoms with Crippen LogP contribution in [0, 0.1) is 5.92 Å². The van der Waals surface area contributed by atoms with Crippen LogP contribution in [0.2, 0.25) is 0 Å². The maximum atomic E-state index is 11.9. The van der Waals surface area contributed by atoms with Gasteiger partial charge in [0.25, 0.3) is 0 Å². The molecule has 0 spiro atoms. The van der Waals surface area contributed by atoms with Gasteiger partial charge >= 0.3 is 5.97 Å². The number of benzene rings is 3. The van der Waals surface area contributed by atoms with E-state index in [4.69, 9.17) is 9.47 Å². The van der Waals surface area contributed by atoms with Crippen molar-refractivity contribution in [2.75, 3.05) is 12.1 Å². The van der Waals surface area contributed by atoms with E-state index in [2.05, 4.69) is 41.7 Å². The van der Waals surface area contributed by atoms with Crippen LogP contribution in [-0.4, -0.2) is 17.9 Å². The molecule has 0 saturated heterocycles. The first-order valence-corrected chi connectivity index (χ1v) is 9.81. The highest BCUT2D eigenvalue weighted by atomic mass is 16.7. The van der Waals surface area contributed by atoms with Crippen LogP contribution in [0.25, 0.3) is 0 Å². The summed E-state index contributed by atoms with van der Waals surface area (Å²) in [7, 11) is 0. The van der Waals surface area contributed by atoms with E-state index in [0.717, 1.165) is 34.7 Å². The van der Waals surface area contributed by atoms with E-state index < -0.39 is 5.97 Å². The molecule has 3 aromatic rings. The molecule has 2 aliphatic heterocycles. The molecule has 29 heavy (non-hydrogen) atoms. The van der Waals surface area contributed by atoms with Crippen LogP contribution in [0.3, 0.4) is 0 Å². The lowest BCUT2D eigenvalue weighted by Crippen LogP contribution is -2.31. The normalized spacial score (nSPS) is 23.0. The molecule has 3 aliphatic rings. The van der Waals surface area contributed by atoms with Crippen molar-refractivity contribution in [3.63, 3.8) is 0 Å². The van der Waals surface area contributed by atoms with Crippen molar-refractivity contribution < 1.29 is 19.4 Å². The van der Waals surface area contributed by atoms with Crippen molar-refractivity contribution in [1.29, 1.82) is 0 Å². The van der Waals surface area contributed by atoms with Gasteiger partial charge < -0.3 is 19.9 Å². The molecular formula is C24H19NO4. The van der Waals surface area contributed by atoms with E-state index in [0.29, 0.717) is 11.5 Å². The third kappa shape index (κ3) is 2.37. The predicted molar refractivity (Wildman–Crippen MR) is 108 cm³/mol. The Bertz CT molecular complexity index is 1160. The minimum Gasteiger partial charge on any atom is -0.478 e. The van der Waals surface area contributed by atoms with Gasteiger partial charge in [-0.3, -0.25) is 0 Å². The zero-order chi connectivity index (χ0) is 19.5. The van der Waals surface area contributed by atoms with Crippen molar-refractivity contribution in [3.05, 3.63) is 88.5 Å². The quantitative estimate of drug-likeness (QED) is 0.676. The number of fused-ring (bicyclic) bond motifs is 6. The summed E-state index contributed by atoms with van der Waals surface area (Å²) in [6.45, 7) is 0.236. The number of carbonyl (C=O) groups is 1. The highest BCUT2D eigenvalue weighted by Crippen LogP contribution is 2.55. The van der Waals surface area contributed by atoms with Crippen LogP contribution in [0.4, 0.5) is 5.69 Å². The fourth-order valence-corrected chi connectivity index (χ4v) is 5.20. The molecule has 0 saturated carbocycles. The molecule has 0 unspecified atom stereocenters. The van der Waals surface area contributed by atoms with Crippen molar-refractivity contribution in [2.45, 2.75) is 18.4 Å². The second-order valence-electron chi connectivity index (χ2n) is 7.85. The van der Waals surface area contributed by atoms with Gasteiger partial charge in [0, 0.05) is 5.92 Å². The van der Waals surface area contributed by atoms with Crippen LogP contribution in [-0.2, 0) is 6.42 Å². The molecule has 5 nitrogen and oxygen atoms in total. The molecule has 1 aliphatic carbocycles. The van der Waals surface area contributed by atoms with E-state index >= 15 is 0 Å². The van der Waals surface area contributed by atoms with Crippen molar-refractivity contribution in [3.8, 4) is 11.5 Å². The predicted octanol–water partition coefficient (Wildman–Crippen LogP) is 4.58. The number of carboxylic acids is 1. The smallest absolute Gasteiger partial charge is 0.337 e. The molecule has 2 heterocycles. The zero-order valence-corrected chi connectivity index (χ0v) is 15.6. The second kappa shape index (κ2) is 6.01. The fraction of sp³-hybridized carbons (Fsp3) is 0.208. The van der Waals surface area contributed by atoms with Gasteiger partial charge in [0.2, 0.25) is 6.79 Å². The molecule has 0 amide bonds. The number of aromatic carboxylic acids is 1. The standard InChI is InChI=1S/C24H19NO4/c26-24(27)17-7-3-6-16-21-15-5-2-1-4-13(15)10-18(21)22(25-23(16)17)14-8-9-19-20(11-14)29-12-28-19/h1-9,11,18,21-22,25H,10,12H2,(H,26,27)/t18-,21+,22-/m1/s1. The number of para-hydroxylation sites is 1. The summed E-state index contributed by atoms with van der Waals surface area (Å²) < 4.78 is 11.1. The number of rotatable bonds is 2. The third-order valence-electron chi connectivity index (χ3n) is 6.42. The van der Waals surface area contributed by atoms with Gasteiger partial charge in [0.05, 0.1) is 17.3 Å². The molecule has 0 aromatic heterocycles. The molecule has 2 N–H and O–H groups in total. The molecule has 0 bridgehead atoms. The summed E-state index contributed by atoms with van der Waals surface area (Å²) >= 11 is 0. The van der Waals surface area contributed by atoms with Crippen LogP contribution < -0.4 is 14.8 Å². The molecular weight excluding hydrogens is 366 g/mol. The molecule has 144 valence electrons. The maximum Gasteiger partial charge on any atom is 0.337 e. The Labute approximate surface area is 167 Å². The Morgan fingerprint density at radius 2 is 1.79 bits per heavy atom. The zero-order valence-electron chi connectivity index (χ0n) is 15.6. The van der Waals surface area contributed by atoms with Crippen molar-refractivity contribution >= 4 is 11.7 Å². The number of hydrogen-bond acceptors (Lipinski definition) is 4. The summed E-state index contributed by atoms with van der Waals surface area (Å²) in [6, 6.07) is 20.1. The van der Waals surface area contributed by atoms with Crippen molar-refractivity contribution in [2.24, 2.45) is 5.92 Å². The summed E-state index contributed by atoms with van der Waals surface area (Å²) in [5, 5.41) is 13.4. The number of ether oxygens (including phenoxy) is 2. The van der Waals surface area contributed by atoms with Crippen LogP contribution in [0.15, 0.2) is 60.7 Å². The number of hydrogen-bond donors (Lipinski definition) is 2. The molecule has 0 radical (unpaired) electrons. The monoisotopic (exact) mass is 385 g/mol. The maximum absolute atomic E-state index is 11.9. The lowest BCUT2D eigenvalue weighted by molar-refractivity contribution is 0.0697. The van der Waals surface area contributed by atoms with Crippen molar-refractivity contribution in [1.82, 2.24) is 0 Å². The third-order valence-corrected chi connectivity index (χ3v) is 6.42. The SMILES string of the molecule is O=C(O)c1cccc2c1N[C@H](c1ccc3c(c1)OCO3)[C@@H]1Cc3ccccc3[C@@H]21. The second-order valence-corrected chi connectivity index (χ2v) is 7.85. The average Bonchev–Trinajstić information content (AvgIpc) is 3.36. The average molecular weight is 385 g/mol. The lowest BCUT2D eigenvalue weighted by Gasteiger charge is -2.38. The van der Waals surface area contributed by atoms with Gasteiger partial charge in [-0.25, -0.2) is 4.79 Å². The van der Waals surface area contributed by atoms with E-state index in [1.165, 1.54) is 11.1 Å². The summed E-state index contributed by atoms with van der Waals surface area (Å²) in [5.41, 5.74) is 5.83. The Hall–Kier alpha value is -3.47. The van der Waals surface area contributed by atoms with Gasteiger partial charge in [-0.1, -0.05) is 42.5 Å². The molecule has 3 aromatic carbocycles. The first kappa shape index (κ1) is 16.5. The van der Waals surface area contributed by atoms with E-state index in [1.807, 2.05) is 18.2 Å². The largest absolute Gasteiger partial charge is 0.478 e. The topological polar surface area (TPSA) is 67.8 Å². The highest BCUT2D eigenvalue weighted by Gasteiger charge is 2.44. The first-order chi connectivity index (χ1) is 14.2. The highest BCUT2D eigenvalue weighted by molar-refractivity contribution is 5.96. The fourth-order valence-electron chi connectivity index (χ4n) is 5.20. The van der Waals surface area contributed by atoms with Gasteiger partial charge in [0.15, 0.2) is 11.5 Å². The number of anilines is 1. The minimum atomic E-state index is -0.913. The van der Waals surface area contributed by atoms with E-state index in [-0.39, 0.29) is 18.8 Å². The van der Waals surface area contributed by atoms with Crippen LogP contribution in [0.1, 0.15) is 44.6 Å². The van der Waals surface area contributed by atoms with Gasteiger partial charge in [-0.15, -0.1) is 0 Å². The van der Waals surface area contributed by atoms with E-state index in [1.54, 1.807) is 6.07 Å². The molecule has 3 atom stereocenters. The number of nitrogens with one attached hydrogen (secondary N) is 1. The molecule has 6 rings (SSSR count). The Kier molecular flexibility index (Phi) is 3.42. The Morgan fingerprint density at radius 3 is 2.69 bits per heavy atom. The Morgan fingerprint density at radius 1 is 0.966 bits per heavy atom. The van der Waals surface area contributed by atoms with Gasteiger partial charge in [-0.05, 0) is 52.8 Å². The Balaban J connectivity index is 1.54. The summed E-state index contributed by atoms with van der Waals surface area (Å²) in [4.78, 5) is 11.9. The summed E-state index contributed by atoms with van der Waals surface area (Å²) in [6.07, 6.45) is 0.948. The number of carboxylic acid groups (broad SMARTS) is 1. The van der Waals surface area contributed by atoms with Crippen LogP contribution >= 0.6 is 0 Å². The summed E-state index contributed by atoms with van der Waals surface area (Å²) in [5.74, 6) is 1.04. The lowest BCUT2D eigenvalue weighted by atomic mass is 9.75. The minimum absolute atomic E-state index is 0.0186.